The molecule has 3 N–H and O–H groups in total. The number of rotatable bonds is 14. The van der Waals surface area contributed by atoms with Crippen molar-refractivity contribution in [3.8, 4) is 11.1 Å². The average Bonchev–Trinajstić information content (AvgIpc) is 3.39. The summed E-state index contributed by atoms with van der Waals surface area (Å²) in [6, 6.07) is 23.4. The number of hydrogen-bond acceptors (Lipinski definition) is 8. The molecule has 2 aliphatic carbocycles. The van der Waals surface area contributed by atoms with Crippen molar-refractivity contribution in [2.24, 2.45) is 16.3 Å². The Balaban J connectivity index is 0.997. The number of benzene rings is 3. The molecule has 0 unspecified atom stereocenters. The highest BCUT2D eigenvalue weighted by Gasteiger charge is 2.35. The highest BCUT2D eigenvalue weighted by molar-refractivity contribution is 6.23. The molecular formula is C41H47N3O7. The van der Waals surface area contributed by atoms with Crippen LogP contribution in [0.25, 0.3) is 11.1 Å². The maximum Gasteiger partial charge on any atom is 0.407 e. The van der Waals surface area contributed by atoms with Gasteiger partial charge in [-0.25, -0.2) is 4.79 Å². The lowest BCUT2D eigenvalue weighted by molar-refractivity contribution is -0.144. The van der Waals surface area contributed by atoms with Crippen molar-refractivity contribution in [3.63, 3.8) is 0 Å². The van der Waals surface area contributed by atoms with Gasteiger partial charge in [0.1, 0.15) is 19.0 Å². The Kier molecular flexibility index (Phi) is 12.1. The van der Waals surface area contributed by atoms with E-state index in [1.54, 1.807) is 24.3 Å². The number of amides is 2. The van der Waals surface area contributed by atoms with Gasteiger partial charge >= 0.3 is 12.1 Å². The lowest BCUT2D eigenvalue weighted by Gasteiger charge is -2.30. The summed E-state index contributed by atoms with van der Waals surface area (Å²) in [4.78, 5) is 54.6. The van der Waals surface area contributed by atoms with Crippen LogP contribution in [0.1, 0.15) is 82.4 Å². The summed E-state index contributed by atoms with van der Waals surface area (Å²) in [5.74, 6) is -0.573. The molecule has 10 heteroatoms. The zero-order valence-corrected chi connectivity index (χ0v) is 29.8. The molecule has 5 rings (SSSR count). The van der Waals surface area contributed by atoms with Gasteiger partial charge < -0.3 is 25.2 Å². The Bertz CT molecular complexity index is 1780. The van der Waals surface area contributed by atoms with Gasteiger partial charge in [0.15, 0.2) is 5.78 Å². The number of nitrogens with one attached hydrogen (secondary N) is 2. The Morgan fingerprint density at radius 3 is 2.12 bits per heavy atom. The van der Waals surface area contributed by atoms with Gasteiger partial charge in [-0.2, -0.15) is 0 Å². The third-order valence-corrected chi connectivity index (χ3v) is 8.96. The Hall–Kier alpha value is -5.25. The number of carbonyl (C=O) groups is 4. The Labute approximate surface area is 299 Å². The molecule has 51 heavy (non-hydrogen) atoms. The smallest absolute Gasteiger partial charge is 0.407 e. The first kappa shape index (κ1) is 37.0. The van der Waals surface area contributed by atoms with E-state index in [9.17, 15) is 24.3 Å². The molecule has 0 spiro atoms. The largest absolute Gasteiger partial charge is 0.511 e. The molecule has 0 heterocycles. The van der Waals surface area contributed by atoms with Crippen molar-refractivity contribution in [2.75, 3.05) is 19.7 Å². The van der Waals surface area contributed by atoms with Crippen LogP contribution in [0.4, 0.5) is 10.5 Å². The molecule has 0 aliphatic heterocycles. The maximum atomic E-state index is 12.9. The number of allylic oxidation sites excluding steroid dienone is 2. The molecule has 2 aliphatic rings. The molecule has 3 aromatic rings. The second kappa shape index (κ2) is 16.6. The van der Waals surface area contributed by atoms with Crippen LogP contribution in [0, 0.1) is 11.3 Å². The van der Waals surface area contributed by atoms with E-state index in [0.29, 0.717) is 36.2 Å². The number of aliphatic imine (C=N–C) groups is 1. The van der Waals surface area contributed by atoms with Gasteiger partial charge in [0.05, 0.1) is 23.4 Å². The first-order valence-electron chi connectivity index (χ1n) is 17.5. The Morgan fingerprint density at radius 2 is 1.49 bits per heavy atom. The van der Waals surface area contributed by atoms with Crippen LogP contribution in [0.15, 0.2) is 89.1 Å². The molecule has 0 bridgehead atoms. The molecule has 0 saturated carbocycles. The van der Waals surface area contributed by atoms with E-state index in [1.165, 1.54) is 0 Å². The SMILES string of the molecule is CC(C)CC(=Nc1ccc(COC(=O)CCNC(=O)CCNC(=O)OCC2c3ccccc3-c3ccccc32)cc1)C1=C(O)CC(C)(C)CC1=O. The fourth-order valence-corrected chi connectivity index (χ4v) is 6.58. The molecule has 0 aromatic heterocycles. The lowest BCUT2D eigenvalue weighted by atomic mass is 9.75. The number of ketones is 1. The third-order valence-electron chi connectivity index (χ3n) is 8.96. The molecule has 0 atom stereocenters. The highest BCUT2D eigenvalue weighted by Crippen LogP contribution is 2.44. The fraction of sp³-hybridized carbons (Fsp3) is 0.390. The van der Waals surface area contributed by atoms with Gasteiger partial charge in [0, 0.05) is 38.3 Å². The van der Waals surface area contributed by atoms with Crippen molar-refractivity contribution >= 4 is 35.2 Å². The molecule has 0 saturated heterocycles. The molecule has 268 valence electrons. The molecule has 2 amide bonds. The van der Waals surface area contributed by atoms with Crippen molar-refractivity contribution in [1.82, 2.24) is 10.6 Å². The van der Waals surface area contributed by atoms with Crippen LogP contribution in [0.3, 0.4) is 0 Å². The summed E-state index contributed by atoms with van der Waals surface area (Å²) in [7, 11) is 0. The summed E-state index contributed by atoms with van der Waals surface area (Å²) in [5, 5.41) is 16.0. The normalized spacial score (nSPS) is 15.3. The molecule has 0 radical (unpaired) electrons. The van der Waals surface area contributed by atoms with Crippen molar-refractivity contribution in [3.05, 3.63) is 101 Å². The van der Waals surface area contributed by atoms with E-state index < -0.39 is 12.1 Å². The van der Waals surface area contributed by atoms with E-state index in [0.717, 1.165) is 27.8 Å². The number of nitrogens with zero attached hydrogens (tertiary/aromatic N) is 1. The van der Waals surface area contributed by atoms with E-state index in [-0.39, 0.29) is 73.8 Å². The number of aliphatic hydroxyl groups excluding tert-OH is 1. The van der Waals surface area contributed by atoms with Crippen LogP contribution in [-0.2, 0) is 30.5 Å². The van der Waals surface area contributed by atoms with Crippen LogP contribution >= 0.6 is 0 Å². The number of carbonyl (C=O) groups excluding carboxylic acids is 4. The summed E-state index contributed by atoms with van der Waals surface area (Å²) in [6.07, 6.45) is 0.783. The minimum absolute atomic E-state index is 0.00404. The van der Waals surface area contributed by atoms with Crippen molar-refractivity contribution in [1.29, 1.82) is 0 Å². The third kappa shape index (κ3) is 9.93. The summed E-state index contributed by atoms with van der Waals surface area (Å²) in [5.41, 5.74) is 6.56. The van der Waals surface area contributed by atoms with Crippen LogP contribution < -0.4 is 10.6 Å². The van der Waals surface area contributed by atoms with Gasteiger partial charge in [0.2, 0.25) is 5.91 Å². The van der Waals surface area contributed by atoms with Crippen LogP contribution in [-0.4, -0.2) is 54.3 Å². The van der Waals surface area contributed by atoms with Crippen LogP contribution in [0.2, 0.25) is 0 Å². The second-order valence-electron chi connectivity index (χ2n) is 14.3. The minimum Gasteiger partial charge on any atom is -0.511 e. The highest BCUT2D eigenvalue weighted by atomic mass is 16.5. The van der Waals surface area contributed by atoms with E-state index in [4.69, 9.17) is 14.5 Å². The van der Waals surface area contributed by atoms with Gasteiger partial charge in [-0.15, -0.1) is 0 Å². The number of Topliss-reactive ketones (excluding diaryl/α,β-unsaturated/α-hetero) is 1. The molecule has 0 fully saturated rings. The van der Waals surface area contributed by atoms with Gasteiger partial charge in [-0.1, -0.05) is 88.4 Å². The monoisotopic (exact) mass is 693 g/mol. The summed E-state index contributed by atoms with van der Waals surface area (Å²) >= 11 is 0. The van der Waals surface area contributed by atoms with E-state index >= 15 is 0 Å². The van der Waals surface area contributed by atoms with Crippen molar-refractivity contribution < 1.29 is 33.8 Å². The number of esters is 1. The molecule has 10 nitrogen and oxygen atoms in total. The lowest BCUT2D eigenvalue weighted by Crippen LogP contribution is -2.32. The average molecular weight is 694 g/mol. The molecular weight excluding hydrogens is 646 g/mol. The zero-order chi connectivity index (χ0) is 36.5. The Morgan fingerprint density at radius 1 is 0.863 bits per heavy atom. The number of aliphatic hydroxyl groups is 1. The van der Waals surface area contributed by atoms with E-state index in [1.807, 2.05) is 52.0 Å². The van der Waals surface area contributed by atoms with Crippen molar-refractivity contribution in [2.45, 2.75) is 72.3 Å². The van der Waals surface area contributed by atoms with E-state index in [2.05, 4.69) is 34.9 Å². The maximum absolute atomic E-state index is 12.9. The minimum atomic E-state index is -0.593. The first-order chi connectivity index (χ1) is 24.4. The standard InChI is InChI=1S/C41H47N3O7/c1-26(2)21-34(39-35(45)22-41(3,4)23-36(39)46)44-28-15-13-27(14-16-28)24-50-38(48)18-20-42-37(47)17-19-43-40(49)51-25-33-31-11-7-5-9-29(31)30-10-6-8-12-32(30)33/h5-16,26,33,45H,17-25H2,1-4H3,(H,42,47)(H,43,49). The quantitative estimate of drug-likeness (QED) is 0.117. The topological polar surface area (TPSA) is 143 Å². The first-order valence-corrected chi connectivity index (χ1v) is 17.5. The second-order valence-corrected chi connectivity index (χ2v) is 14.3. The number of alkyl carbamates (subject to hydrolysis) is 1. The van der Waals surface area contributed by atoms with Gasteiger partial charge in [-0.05, 0) is 57.7 Å². The molecule has 3 aromatic carbocycles. The number of fused-ring (bicyclic) bond motifs is 3. The van der Waals surface area contributed by atoms with Gasteiger partial charge in [0.25, 0.3) is 0 Å². The summed E-state index contributed by atoms with van der Waals surface area (Å²) < 4.78 is 10.9. The predicted octanol–water partition coefficient (Wildman–Crippen LogP) is 7.48. The predicted molar refractivity (Wildman–Crippen MR) is 196 cm³/mol. The fourth-order valence-electron chi connectivity index (χ4n) is 6.58. The summed E-state index contributed by atoms with van der Waals surface area (Å²) in [6.45, 7) is 8.47. The van der Waals surface area contributed by atoms with Gasteiger partial charge in [-0.3, -0.25) is 19.4 Å². The number of hydrogen-bond donors (Lipinski definition) is 3. The van der Waals surface area contributed by atoms with Crippen LogP contribution in [0.5, 0.6) is 0 Å². The number of ether oxygens (including phenoxy) is 2. The zero-order valence-electron chi connectivity index (χ0n) is 29.8.